The molecule has 0 aliphatic heterocycles. The first-order chi connectivity index (χ1) is 34.7. The molecule has 0 amide bonds. The van der Waals surface area contributed by atoms with Crippen LogP contribution in [-0.2, 0) is 6.42 Å². The van der Waals surface area contributed by atoms with Crippen LogP contribution < -0.4 is 5.22 Å². The molecule has 0 aromatic heterocycles. The Hall–Kier alpha value is -8.84. The highest BCUT2D eigenvalue weighted by Crippen LogP contribution is 2.55. The van der Waals surface area contributed by atoms with Crippen molar-refractivity contribution in [2.75, 3.05) is 0 Å². The Morgan fingerprint density at radius 2 is 0.714 bits per heavy atom. The highest BCUT2D eigenvalue weighted by molar-refractivity contribution is 6.31. The van der Waals surface area contributed by atoms with Gasteiger partial charge < -0.3 is 0 Å². The van der Waals surface area contributed by atoms with E-state index in [4.69, 9.17) is 0 Å². The summed E-state index contributed by atoms with van der Waals surface area (Å²) >= 11 is 0. The van der Waals surface area contributed by atoms with E-state index in [9.17, 15) is 0 Å². The molecule has 0 fully saturated rings. The lowest BCUT2D eigenvalue weighted by Gasteiger charge is -2.27. The van der Waals surface area contributed by atoms with Gasteiger partial charge in [0.25, 0.3) is 0 Å². The topological polar surface area (TPSA) is 0 Å². The lowest BCUT2D eigenvalue weighted by molar-refractivity contribution is 1.04. The zero-order valence-corrected chi connectivity index (χ0v) is 38.4. The van der Waals surface area contributed by atoms with Crippen LogP contribution in [0.25, 0.3) is 159 Å². The molecule has 16 rings (SSSR count). The number of rotatable bonds is 5. The fourth-order valence-corrected chi connectivity index (χ4v) is 13.3. The Bertz CT molecular complexity index is 4700. The molecule has 1 aliphatic carbocycles. The molecule has 70 heavy (non-hydrogen) atoms. The second kappa shape index (κ2) is 14.3. The SMILES string of the molecule is C1=c2c3cccc4c(-c5cc(-c6ccccc6)c(-c6ccc7ccc8cccc9ccc6c7c89)c(-c6ccc7ccc8cccc9ccc6c7c89)c5-c5ccccc5)ccc(c5cccc(c25)CC1)c43. The van der Waals surface area contributed by atoms with Crippen molar-refractivity contribution in [1.29, 1.82) is 0 Å². The zero-order valence-electron chi connectivity index (χ0n) is 38.4. The Morgan fingerprint density at radius 1 is 0.243 bits per heavy atom. The van der Waals surface area contributed by atoms with Gasteiger partial charge in [-0.3, -0.25) is 0 Å². The maximum atomic E-state index is 2.56. The lowest BCUT2D eigenvalue weighted by Crippen LogP contribution is -2.12. The standard InChI is InChI=1S/C70H42/c1-3-12-41(13-4-1)60-40-61(50-38-39-57-53-23-10-21-42-20-9-22-52(64(42)53)54-25-11-24-51(50)68(54)57)67(43-14-5-2-6-15-43)70(59-37-33-49-29-27-45-17-8-19-47-31-35-56(59)66(49)63(45)47)69(60)58-36-32-48-28-26-44-16-7-18-46-30-34-55(58)65(48)62(44)46/h1-8,10-19,21-40H,9,20H2. The van der Waals surface area contributed by atoms with Crippen molar-refractivity contribution >= 4 is 103 Å². The first-order valence-corrected chi connectivity index (χ1v) is 24.8. The first-order valence-electron chi connectivity index (χ1n) is 24.8. The molecule has 15 aromatic rings. The van der Waals surface area contributed by atoms with E-state index in [2.05, 4.69) is 231 Å². The van der Waals surface area contributed by atoms with Gasteiger partial charge in [0.1, 0.15) is 0 Å². The van der Waals surface area contributed by atoms with Crippen LogP contribution in [0.1, 0.15) is 12.0 Å². The van der Waals surface area contributed by atoms with Crippen LogP contribution >= 0.6 is 0 Å². The minimum absolute atomic E-state index is 1.06. The second-order valence-corrected chi connectivity index (χ2v) is 19.7. The molecule has 0 unspecified atom stereocenters. The molecule has 0 N–H and O–H groups in total. The number of fused-ring (bicyclic) bond motifs is 2. The third kappa shape index (κ3) is 5.20. The summed E-state index contributed by atoms with van der Waals surface area (Å²) in [5.74, 6) is 0. The van der Waals surface area contributed by atoms with E-state index in [0.29, 0.717) is 0 Å². The van der Waals surface area contributed by atoms with Crippen molar-refractivity contribution in [3.63, 3.8) is 0 Å². The minimum atomic E-state index is 1.06. The van der Waals surface area contributed by atoms with Crippen molar-refractivity contribution in [1.82, 2.24) is 0 Å². The summed E-state index contributed by atoms with van der Waals surface area (Å²) in [4.78, 5) is 0. The third-order valence-electron chi connectivity index (χ3n) is 16.2. The van der Waals surface area contributed by atoms with Crippen LogP contribution in [0.4, 0.5) is 0 Å². The number of hydrogen-bond donors (Lipinski definition) is 0. The van der Waals surface area contributed by atoms with Crippen molar-refractivity contribution in [3.8, 4) is 55.6 Å². The molecule has 0 heteroatoms. The van der Waals surface area contributed by atoms with Crippen LogP contribution in [0.3, 0.4) is 0 Å². The van der Waals surface area contributed by atoms with Crippen LogP contribution in [0.5, 0.6) is 0 Å². The molecular formula is C70H42. The molecule has 0 radical (unpaired) electrons. The van der Waals surface area contributed by atoms with Gasteiger partial charge in [-0.25, -0.2) is 0 Å². The van der Waals surface area contributed by atoms with Gasteiger partial charge in [0.15, 0.2) is 0 Å². The van der Waals surface area contributed by atoms with Gasteiger partial charge in [-0.15, -0.1) is 0 Å². The Morgan fingerprint density at radius 3 is 1.37 bits per heavy atom. The predicted octanol–water partition coefficient (Wildman–Crippen LogP) is 18.7. The summed E-state index contributed by atoms with van der Waals surface area (Å²) in [5.41, 5.74) is 13.8. The fraction of sp³-hybridized carbons (Fsp3) is 0.0286. The molecule has 0 nitrogen and oxygen atoms in total. The lowest BCUT2D eigenvalue weighted by atomic mass is 9.75. The van der Waals surface area contributed by atoms with Gasteiger partial charge in [-0.1, -0.05) is 224 Å². The highest BCUT2D eigenvalue weighted by Gasteiger charge is 2.28. The second-order valence-electron chi connectivity index (χ2n) is 19.7. The largest absolute Gasteiger partial charge is 0.0757 e. The van der Waals surface area contributed by atoms with Gasteiger partial charge >= 0.3 is 0 Å². The Kier molecular flexibility index (Phi) is 7.82. The van der Waals surface area contributed by atoms with Crippen LogP contribution in [-0.4, -0.2) is 0 Å². The Labute approximate surface area is 404 Å². The fourth-order valence-electron chi connectivity index (χ4n) is 13.3. The molecule has 0 atom stereocenters. The molecule has 15 aromatic carbocycles. The summed E-state index contributed by atoms with van der Waals surface area (Å²) in [6, 6.07) is 85.7. The molecular weight excluding hydrogens is 841 g/mol. The summed E-state index contributed by atoms with van der Waals surface area (Å²) in [5, 5.41) is 24.9. The van der Waals surface area contributed by atoms with E-state index in [0.717, 1.165) is 12.8 Å². The molecule has 1 aliphatic rings. The number of benzene rings is 15. The number of hydrogen-bond acceptors (Lipinski definition) is 0. The van der Waals surface area contributed by atoms with Crippen molar-refractivity contribution < 1.29 is 0 Å². The van der Waals surface area contributed by atoms with Crippen LogP contribution in [0.15, 0.2) is 224 Å². The van der Waals surface area contributed by atoms with E-state index in [1.807, 2.05) is 0 Å². The van der Waals surface area contributed by atoms with Gasteiger partial charge in [0, 0.05) is 0 Å². The quantitative estimate of drug-likeness (QED) is 0.119. The zero-order chi connectivity index (χ0) is 45.6. The molecule has 0 heterocycles. The van der Waals surface area contributed by atoms with Gasteiger partial charge in [0.05, 0.1) is 0 Å². The molecule has 0 saturated heterocycles. The van der Waals surface area contributed by atoms with E-state index in [-0.39, 0.29) is 0 Å². The summed E-state index contributed by atoms with van der Waals surface area (Å²) < 4.78 is 0. The van der Waals surface area contributed by atoms with Crippen molar-refractivity contribution in [2.45, 2.75) is 12.8 Å². The smallest absolute Gasteiger partial charge is 0.000785 e. The predicted molar refractivity (Wildman–Crippen MR) is 302 cm³/mol. The van der Waals surface area contributed by atoms with E-state index in [1.54, 1.807) is 0 Å². The first kappa shape index (κ1) is 38.2. The van der Waals surface area contributed by atoms with Crippen molar-refractivity contribution in [3.05, 3.63) is 235 Å². The third-order valence-corrected chi connectivity index (χ3v) is 16.2. The van der Waals surface area contributed by atoms with Gasteiger partial charge in [-0.2, -0.15) is 0 Å². The molecule has 322 valence electrons. The van der Waals surface area contributed by atoms with Gasteiger partial charge in [0.2, 0.25) is 0 Å². The van der Waals surface area contributed by atoms with E-state index < -0.39 is 0 Å². The van der Waals surface area contributed by atoms with E-state index in [1.165, 1.54) is 163 Å². The average molecular weight is 883 g/mol. The van der Waals surface area contributed by atoms with Crippen LogP contribution in [0.2, 0.25) is 0 Å². The van der Waals surface area contributed by atoms with Crippen LogP contribution in [0, 0.1) is 0 Å². The Balaban J connectivity index is 1.14. The monoisotopic (exact) mass is 882 g/mol. The summed E-state index contributed by atoms with van der Waals surface area (Å²) in [6.07, 6.45) is 4.64. The number of aryl methyl sites for hydroxylation is 1. The molecule has 0 spiro atoms. The average Bonchev–Trinajstić information content (AvgIpc) is 3.43. The maximum absolute atomic E-state index is 2.56. The minimum Gasteiger partial charge on any atom is -0.0757 e. The molecule has 0 bridgehead atoms. The summed E-state index contributed by atoms with van der Waals surface area (Å²) in [6.45, 7) is 0. The van der Waals surface area contributed by atoms with Gasteiger partial charge in [-0.05, 0) is 182 Å². The normalized spacial score (nSPS) is 12.9. The van der Waals surface area contributed by atoms with E-state index >= 15 is 0 Å². The van der Waals surface area contributed by atoms with Crippen molar-refractivity contribution in [2.24, 2.45) is 0 Å². The molecule has 0 saturated carbocycles. The highest BCUT2D eigenvalue weighted by atomic mass is 14.3. The summed E-state index contributed by atoms with van der Waals surface area (Å²) in [7, 11) is 0. The maximum Gasteiger partial charge on any atom is -0.000785 e.